The third kappa shape index (κ3) is 2.08. The van der Waals surface area contributed by atoms with E-state index in [-0.39, 0.29) is 5.57 Å². The van der Waals surface area contributed by atoms with E-state index in [4.69, 9.17) is 5.11 Å². The van der Waals surface area contributed by atoms with Crippen LogP contribution in [0.1, 0.15) is 12.5 Å². The van der Waals surface area contributed by atoms with Crippen LogP contribution < -0.4 is 0 Å². The van der Waals surface area contributed by atoms with Crippen molar-refractivity contribution in [3.05, 3.63) is 41.7 Å². The Morgan fingerprint density at radius 1 is 1.41 bits per heavy atom. The molecule has 0 saturated carbocycles. The van der Waals surface area contributed by atoms with Gasteiger partial charge in [0.2, 0.25) is 0 Å². The first-order chi connectivity index (χ1) is 8.09. The fraction of sp³-hybridized carbons (Fsp3) is 0.0833. The highest BCUT2D eigenvalue weighted by Crippen LogP contribution is 2.14. The van der Waals surface area contributed by atoms with Crippen LogP contribution >= 0.6 is 0 Å². The quantitative estimate of drug-likeness (QED) is 0.491. The molecule has 2 aromatic heterocycles. The first-order valence-electron chi connectivity index (χ1n) is 4.98. The molecule has 0 aliphatic heterocycles. The van der Waals surface area contributed by atoms with Crippen molar-refractivity contribution >= 4 is 23.3 Å². The van der Waals surface area contributed by atoms with Gasteiger partial charge in [0, 0.05) is 11.8 Å². The number of fused-ring (bicyclic) bond motifs is 1. The second-order valence-corrected chi connectivity index (χ2v) is 3.55. The Morgan fingerprint density at radius 3 is 2.82 bits per heavy atom. The van der Waals surface area contributed by atoms with E-state index in [1.807, 2.05) is 12.1 Å². The molecule has 2 aromatic rings. The molecule has 0 radical (unpaired) electrons. The van der Waals surface area contributed by atoms with Gasteiger partial charge >= 0.3 is 5.97 Å². The maximum atomic E-state index is 11.2. The fourth-order valence-corrected chi connectivity index (χ4v) is 1.53. The molecular formula is C12H10N2O3. The molecule has 0 unspecified atom stereocenters. The van der Waals surface area contributed by atoms with Gasteiger partial charge in [-0.2, -0.15) is 5.10 Å². The Labute approximate surface area is 97.0 Å². The van der Waals surface area contributed by atoms with Crippen molar-refractivity contribution in [1.82, 2.24) is 9.61 Å². The minimum absolute atomic E-state index is 0.247. The molecule has 0 aromatic carbocycles. The first-order valence-corrected chi connectivity index (χ1v) is 4.98. The highest BCUT2D eigenvalue weighted by atomic mass is 16.4. The molecule has 5 nitrogen and oxygen atoms in total. The lowest BCUT2D eigenvalue weighted by Gasteiger charge is -1.96. The van der Waals surface area contributed by atoms with E-state index in [2.05, 4.69) is 5.10 Å². The van der Waals surface area contributed by atoms with Crippen molar-refractivity contribution in [3.63, 3.8) is 0 Å². The van der Waals surface area contributed by atoms with Crippen LogP contribution in [0, 0.1) is 0 Å². The molecule has 86 valence electrons. The number of hydrogen-bond donors (Lipinski definition) is 1. The normalized spacial score (nSPS) is 11.7. The SMILES string of the molecule is CC(=O)/C(=C/c1cnn2ccccc12)C(=O)O. The summed E-state index contributed by atoms with van der Waals surface area (Å²) in [7, 11) is 0. The monoisotopic (exact) mass is 230 g/mol. The topological polar surface area (TPSA) is 71.7 Å². The smallest absolute Gasteiger partial charge is 0.339 e. The number of Topliss-reactive ketones (excluding diaryl/α,β-unsaturated/α-hetero) is 1. The second kappa shape index (κ2) is 4.21. The number of rotatable bonds is 3. The largest absolute Gasteiger partial charge is 0.478 e. The van der Waals surface area contributed by atoms with Gasteiger partial charge in [0.15, 0.2) is 5.78 Å². The summed E-state index contributed by atoms with van der Waals surface area (Å²) in [5, 5.41) is 13.0. The molecule has 0 aliphatic carbocycles. The average molecular weight is 230 g/mol. The molecule has 0 aliphatic rings. The molecule has 5 heteroatoms. The molecule has 0 amide bonds. The number of carboxylic acids is 1. The maximum Gasteiger partial charge on any atom is 0.339 e. The van der Waals surface area contributed by atoms with Gasteiger partial charge in [0.05, 0.1) is 11.7 Å². The summed E-state index contributed by atoms with van der Waals surface area (Å²) in [5.74, 6) is -1.71. The van der Waals surface area contributed by atoms with E-state index in [0.29, 0.717) is 5.56 Å². The number of pyridine rings is 1. The predicted octanol–water partition coefficient (Wildman–Crippen LogP) is 1.39. The van der Waals surface area contributed by atoms with Crippen LogP contribution in [0.2, 0.25) is 0 Å². The predicted molar refractivity (Wildman–Crippen MR) is 61.5 cm³/mol. The van der Waals surface area contributed by atoms with Crippen molar-refractivity contribution in [2.75, 3.05) is 0 Å². The molecule has 0 atom stereocenters. The van der Waals surface area contributed by atoms with Gasteiger partial charge in [-0.3, -0.25) is 4.79 Å². The third-order valence-electron chi connectivity index (χ3n) is 2.37. The van der Waals surface area contributed by atoms with Crippen LogP contribution in [-0.4, -0.2) is 26.5 Å². The summed E-state index contributed by atoms with van der Waals surface area (Å²) < 4.78 is 1.62. The van der Waals surface area contributed by atoms with Crippen LogP contribution in [0.5, 0.6) is 0 Å². The summed E-state index contributed by atoms with van der Waals surface area (Å²) >= 11 is 0. The lowest BCUT2D eigenvalue weighted by molar-refractivity contribution is -0.134. The highest BCUT2D eigenvalue weighted by Gasteiger charge is 2.13. The van der Waals surface area contributed by atoms with E-state index in [1.165, 1.54) is 19.2 Å². The van der Waals surface area contributed by atoms with Gasteiger partial charge < -0.3 is 5.11 Å². The number of hydrogen-bond acceptors (Lipinski definition) is 3. The van der Waals surface area contributed by atoms with Gasteiger partial charge in [0.25, 0.3) is 0 Å². The van der Waals surface area contributed by atoms with E-state index in [1.54, 1.807) is 16.8 Å². The van der Waals surface area contributed by atoms with Crippen LogP contribution in [0.25, 0.3) is 11.6 Å². The maximum absolute atomic E-state index is 11.2. The van der Waals surface area contributed by atoms with Crippen molar-refractivity contribution < 1.29 is 14.7 Å². The molecule has 2 rings (SSSR count). The van der Waals surface area contributed by atoms with Crippen LogP contribution in [0.4, 0.5) is 0 Å². The number of aliphatic carboxylic acids is 1. The zero-order chi connectivity index (χ0) is 12.4. The minimum Gasteiger partial charge on any atom is -0.478 e. The van der Waals surface area contributed by atoms with E-state index < -0.39 is 11.8 Å². The minimum atomic E-state index is -1.23. The van der Waals surface area contributed by atoms with E-state index in [0.717, 1.165) is 5.52 Å². The number of aromatic nitrogens is 2. The molecule has 2 heterocycles. The number of carbonyl (C=O) groups is 2. The van der Waals surface area contributed by atoms with Gasteiger partial charge in [-0.25, -0.2) is 9.31 Å². The fourth-order valence-electron chi connectivity index (χ4n) is 1.53. The van der Waals surface area contributed by atoms with E-state index in [9.17, 15) is 9.59 Å². The molecule has 17 heavy (non-hydrogen) atoms. The number of ketones is 1. The zero-order valence-corrected chi connectivity index (χ0v) is 9.12. The molecule has 0 spiro atoms. The van der Waals surface area contributed by atoms with Gasteiger partial charge in [-0.15, -0.1) is 0 Å². The summed E-state index contributed by atoms with van der Waals surface area (Å²) in [6.07, 6.45) is 4.62. The number of carbonyl (C=O) groups excluding carboxylic acids is 1. The Kier molecular flexibility index (Phi) is 2.74. The molecule has 0 fully saturated rings. The van der Waals surface area contributed by atoms with Crippen LogP contribution in [0.15, 0.2) is 36.2 Å². The summed E-state index contributed by atoms with van der Waals surface area (Å²) in [6, 6.07) is 5.44. The standard InChI is InChI=1S/C12H10N2O3/c1-8(15)10(12(16)17)6-9-7-13-14-5-3-2-4-11(9)14/h2-7H,1H3,(H,16,17)/b10-6-. The van der Waals surface area contributed by atoms with Gasteiger partial charge in [-0.1, -0.05) is 6.07 Å². The number of nitrogens with zero attached hydrogens (tertiary/aromatic N) is 2. The molecule has 0 saturated heterocycles. The van der Waals surface area contributed by atoms with Crippen molar-refractivity contribution in [2.45, 2.75) is 6.92 Å². The van der Waals surface area contributed by atoms with Crippen LogP contribution in [0.3, 0.4) is 0 Å². The van der Waals surface area contributed by atoms with Crippen molar-refractivity contribution in [2.24, 2.45) is 0 Å². The third-order valence-corrected chi connectivity index (χ3v) is 2.37. The molecular weight excluding hydrogens is 220 g/mol. The summed E-state index contributed by atoms with van der Waals surface area (Å²) in [6.45, 7) is 1.23. The lowest BCUT2D eigenvalue weighted by Crippen LogP contribution is -2.08. The zero-order valence-electron chi connectivity index (χ0n) is 9.12. The Hall–Kier alpha value is -2.43. The second-order valence-electron chi connectivity index (χ2n) is 3.55. The Bertz CT molecular complexity index is 609. The lowest BCUT2D eigenvalue weighted by atomic mass is 10.1. The Balaban J connectivity index is 2.57. The Morgan fingerprint density at radius 2 is 2.18 bits per heavy atom. The average Bonchev–Trinajstić information content (AvgIpc) is 2.68. The summed E-state index contributed by atoms with van der Waals surface area (Å²) in [5.41, 5.74) is 1.12. The summed E-state index contributed by atoms with van der Waals surface area (Å²) in [4.78, 5) is 22.1. The van der Waals surface area contributed by atoms with Gasteiger partial charge in [-0.05, 0) is 25.1 Å². The first kappa shape index (κ1) is 11.1. The van der Waals surface area contributed by atoms with Gasteiger partial charge in [0.1, 0.15) is 5.57 Å². The highest BCUT2D eigenvalue weighted by molar-refractivity contribution is 6.19. The van der Waals surface area contributed by atoms with Crippen molar-refractivity contribution in [3.8, 4) is 0 Å². The van der Waals surface area contributed by atoms with E-state index >= 15 is 0 Å². The molecule has 1 N–H and O–H groups in total. The molecule has 0 bridgehead atoms. The number of carboxylic acid groups (broad SMARTS) is 1. The van der Waals surface area contributed by atoms with Crippen molar-refractivity contribution in [1.29, 1.82) is 0 Å². The van der Waals surface area contributed by atoms with Crippen LogP contribution in [-0.2, 0) is 9.59 Å².